The standard InChI is InChI=1S/C16H18FN3OS2/c1-10-5-6-12(9-13(10)17)14-18-15(21-19-14)11(2)23-16(22)20-7-3-4-8-20/h5-6,9,11H,3-4,7-8H2,1-2H3. The molecule has 0 bridgehead atoms. The SMILES string of the molecule is Cc1ccc(-c2noc(C(C)SC(=S)N3CCCC3)n2)cc1F. The Morgan fingerprint density at radius 2 is 2.13 bits per heavy atom. The van der Waals surface area contributed by atoms with E-state index < -0.39 is 0 Å². The molecular formula is C16H18FN3OS2. The minimum atomic E-state index is -0.272. The van der Waals surface area contributed by atoms with E-state index in [-0.39, 0.29) is 11.1 Å². The molecule has 2 heterocycles. The fourth-order valence-electron chi connectivity index (χ4n) is 2.43. The molecule has 23 heavy (non-hydrogen) atoms. The number of thiocarbonyl (C=S) groups is 1. The molecule has 2 aromatic rings. The minimum absolute atomic E-state index is 0.0281. The van der Waals surface area contributed by atoms with Crippen LogP contribution in [0.1, 0.15) is 36.5 Å². The number of nitrogens with zero attached hydrogens (tertiary/aromatic N) is 3. The molecular weight excluding hydrogens is 333 g/mol. The summed E-state index contributed by atoms with van der Waals surface area (Å²) in [6.07, 6.45) is 2.39. The van der Waals surface area contributed by atoms with Crippen molar-refractivity contribution in [1.29, 1.82) is 0 Å². The summed E-state index contributed by atoms with van der Waals surface area (Å²) >= 11 is 7.02. The van der Waals surface area contributed by atoms with Gasteiger partial charge in [-0.25, -0.2) is 4.39 Å². The second kappa shape index (κ2) is 6.97. The van der Waals surface area contributed by atoms with E-state index in [1.54, 1.807) is 30.8 Å². The van der Waals surface area contributed by atoms with Crippen molar-refractivity contribution < 1.29 is 8.91 Å². The maximum Gasteiger partial charge on any atom is 0.240 e. The van der Waals surface area contributed by atoms with Crippen LogP contribution in [0.15, 0.2) is 22.7 Å². The summed E-state index contributed by atoms with van der Waals surface area (Å²) in [6, 6.07) is 4.93. The number of halogens is 1. The lowest BCUT2D eigenvalue weighted by molar-refractivity contribution is 0.381. The molecule has 7 heteroatoms. The number of rotatable bonds is 3. The lowest BCUT2D eigenvalue weighted by atomic mass is 10.1. The summed E-state index contributed by atoms with van der Waals surface area (Å²) in [5, 5.41) is 3.93. The van der Waals surface area contributed by atoms with Crippen LogP contribution < -0.4 is 0 Å². The Morgan fingerprint density at radius 1 is 1.39 bits per heavy atom. The number of thioether (sulfide) groups is 1. The first kappa shape index (κ1) is 16.4. The Morgan fingerprint density at radius 3 is 2.83 bits per heavy atom. The number of aryl methyl sites for hydroxylation is 1. The molecule has 1 fully saturated rings. The van der Waals surface area contributed by atoms with Gasteiger partial charge in [0.25, 0.3) is 0 Å². The first-order valence-electron chi connectivity index (χ1n) is 7.60. The van der Waals surface area contributed by atoms with Crippen LogP contribution in [-0.4, -0.2) is 32.5 Å². The number of aromatic nitrogens is 2. The molecule has 1 aliphatic rings. The summed E-state index contributed by atoms with van der Waals surface area (Å²) in [5.74, 6) is 0.637. The van der Waals surface area contributed by atoms with E-state index in [2.05, 4.69) is 15.0 Å². The van der Waals surface area contributed by atoms with Crippen molar-refractivity contribution in [3.63, 3.8) is 0 Å². The van der Waals surface area contributed by atoms with Crippen molar-refractivity contribution in [2.75, 3.05) is 13.1 Å². The van der Waals surface area contributed by atoms with Crippen molar-refractivity contribution in [3.05, 3.63) is 35.5 Å². The molecule has 1 unspecified atom stereocenters. The van der Waals surface area contributed by atoms with Crippen LogP contribution >= 0.6 is 24.0 Å². The van der Waals surface area contributed by atoms with Crippen molar-refractivity contribution in [2.45, 2.75) is 31.9 Å². The van der Waals surface area contributed by atoms with E-state index in [1.807, 2.05) is 6.92 Å². The number of benzene rings is 1. The van der Waals surface area contributed by atoms with Gasteiger partial charge in [0.2, 0.25) is 11.7 Å². The second-order valence-corrected chi connectivity index (χ2v) is 7.61. The van der Waals surface area contributed by atoms with Crippen LogP contribution in [0.25, 0.3) is 11.4 Å². The Balaban J connectivity index is 1.70. The third-order valence-electron chi connectivity index (χ3n) is 3.86. The maximum absolute atomic E-state index is 13.7. The third-order valence-corrected chi connectivity index (χ3v) is 5.42. The topological polar surface area (TPSA) is 42.2 Å². The fraction of sp³-hybridized carbons (Fsp3) is 0.438. The molecule has 0 spiro atoms. The van der Waals surface area contributed by atoms with Gasteiger partial charge < -0.3 is 9.42 Å². The normalized spacial score (nSPS) is 15.9. The highest BCUT2D eigenvalue weighted by Gasteiger charge is 2.22. The summed E-state index contributed by atoms with van der Waals surface area (Å²) in [7, 11) is 0. The van der Waals surface area contributed by atoms with Gasteiger partial charge in [-0.1, -0.05) is 41.3 Å². The van der Waals surface area contributed by atoms with E-state index in [1.165, 1.54) is 18.9 Å². The Bertz CT molecular complexity index is 713. The molecule has 0 amide bonds. The van der Waals surface area contributed by atoms with Crippen molar-refractivity contribution >= 4 is 28.3 Å². The third kappa shape index (κ3) is 3.72. The van der Waals surface area contributed by atoms with E-state index in [0.29, 0.717) is 22.8 Å². The zero-order valence-corrected chi connectivity index (χ0v) is 14.7. The molecule has 0 saturated carbocycles. The molecule has 0 aliphatic carbocycles. The molecule has 3 rings (SSSR count). The lowest BCUT2D eigenvalue weighted by Crippen LogP contribution is -2.23. The summed E-state index contributed by atoms with van der Waals surface area (Å²) in [4.78, 5) is 6.60. The molecule has 1 aromatic heterocycles. The highest BCUT2D eigenvalue weighted by Crippen LogP contribution is 2.32. The quantitative estimate of drug-likeness (QED) is 0.766. The maximum atomic E-state index is 13.7. The smallest absolute Gasteiger partial charge is 0.240 e. The molecule has 1 aromatic carbocycles. The highest BCUT2D eigenvalue weighted by atomic mass is 32.2. The van der Waals surface area contributed by atoms with Gasteiger partial charge in [0.1, 0.15) is 10.1 Å². The lowest BCUT2D eigenvalue weighted by Gasteiger charge is -2.19. The number of hydrogen-bond donors (Lipinski definition) is 0. The van der Waals surface area contributed by atoms with Crippen LogP contribution in [-0.2, 0) is 0 Å². The summed E-state index contributed by atoms with van der Waals surface area (Å²) < 4.78 is 19.9. The van der Waals surface area contributed by atoms with Gasteiger partial charge in [0.05, 0.1) is 5.25 Å². The first-order chi connectivity index (χ1) is 11.0. The second-order valence-electron chi connectivity index (χ2n) is 5.64. The van der Waals surface area contributed by atoms with Gasteiger partial charge in [-0.3, -0.25) is 0 Å². The fourth-order valence-corrected chi connectivity index (χ4v) is 3.87. The zero-order chi connectivity index (χ0) is 16.4. The summed E-state index contributed by atoms with van der Waals surface area (Å²) in [5.41, 5.74) is 1.21. The minimum Gasteiger partial charge on any atom is -0.358 e. The zero-order valence-electron chi connectivity index (χ0n) is 13.1. The van der Waals surface area contributed by atoms with Crippen LogP contribution in [0.5, 0.6) is 0 Å². The van der Waals surface area contributed by atoms with Gasteiger partial charge in [0, 0.05) is 18.7 Å². The van der Waals surface area contributed by atoms with Gasteiger partial charge in [-0.15, -0.1) is 0 Å². The molecule has 4 nitrogen and oxygen atoms in total. The van der Waals surface area contributed by atoms with Gasteiger partial charge in [0.15, 0.2) is 0 Å². The average Bonchev–Trinajstić information content (AvgIpc) is 3.21. The average molecular weight is 351 g/mol. The number of likely N-dealkylation sites (tertiary alicyclic amines) is 1. The molecule has 1 atom stereocenters. The summed E-state index contributed by atoms with van der Waals surface area (Å²) in [6.45, 7) is 5.76. The predicted octanol–water partition coefficient (Wildman–Crippen LogP) is 4.36. The van der Waals surface area contributed by atoms with Crippen LogP contribution in [0.3, 0.4) is 0 Å². The largest absolute Gasteiger partial charge is 0.358 e. The predicted molar refractivity (Wildman–Crippen MR) is 93.8 cm³/mol. The van der Waals surface area contributed by atoms with Crippen molar-refractivity contribution in [1.82, 2.24) is 15.0 Å². The Kier molecular flexibility index (Phi) is 4.96. The van der Waals surface area contributed by atoms with E-state index >= 15 is 0 Å². The Labute approximate surface area is 144 Å². The highest BCUT2D eigenvalue weighted by molar-refractivity contribution is 8.23. The number of hydrogen-bond acceptors (Lipinski definition) is 5. The van der Waals surface area contributed by atoms with Gasteiger partial charge in [-0.05, 0) is 38.3 Å². The van der Waals surface area contributed by atoms with E-state index in [9.17, 15) is 4.39 Å². The Hall–Kier alpha value is -1.47. The van der Waals surface area contributed by atoms with Gasteiger partial charge in [-0.2, -0.15) is 4.98 Å². The van der Waals surface area contributed by atoms with Crippen molar-refractivity contribution in [3.8, 4) is 11.4 Å². The van der Waals surface area contributed by atoms with E-state index in [0.717, 1.165) is 17.4 Å². The molecule has 0 N–H and O–H groups in total. The molecule has 122 valence electrons. The molecule has 1 aliphatic heterocycles. The molecule has 1 saturated heterocycles. The van der Waals surface area contributed by atoms with Crippen LogP contribution in [0, 0.1) is 12.7 Å². The monoisotopic (exact) mass is 351 g/mol. The van der Waals surface area contributed by atoms with Crippen LogP contribution in [0.4, 0.5) is 4.39 Å². The molecule has 0 radical (unpaired) electrons. The van der Waals surface area contributed by atoms with E-state index in [4.69, 9.17) is 16.7 Å². The first-order valence-corrected chi connectivity index (χ1v) is 8.89. The van der Waals surface area contributed by atoms with Crippen molar-refractivity contribution in [2.24, 2.45) is 0 Å². The van der Waals surface area contributed by atoms with Crippen LogP contribution in [0.2, 0.25) is 0 Å². The van der Waals surface area contributed by atoms with Gasteiger partial charge >= 0.3 is 0 Å².